The Hall–Kier alpha value is -5.06. The molecule has 0 aliphatic heterocycles. The van der Waals surface area contributed by atoms with E-state index in [0.717, 1.165) is 45.2 Å². The van der Waals surface area contributed by atoms with E-state index in [1.807, 2.05) is 0 Å². The van der Waals surface area contributed by atoms with E-state index in [1.165, 1.54) is 109 Å². The number of nitrogens with zero attached hydrogens (tertiary/aromatic N) is 1. The van der Waals surface area contributed by atoms with Crippen LogP contribution in [0.1, 0.15) is 83.9 Å². The molecule has 0 saturated carbocycles. The fourth-order valence-corrected chi connectivity index (χ4v) is 8.84. The second-order valence-corrected chi connectivity index (χ2v) is 15.3. The van der Waals surface area contributed by atoms with Crippen molar-refractivity contribution in [2.75, 3.05) is 0 Å². The van der Waals surface area contributed by atoms with Crippen LogP contribution >= 0.6 is 0 Å². The molecule has 0 heterocycles. The molecule has 0 amide bonds. The Morgan fingerprint density at radius 1 is 0.604 bits per heavy atom. The van der Waals surface area contributed by atoms with Crippen LogP contribution in [0.4, 0.5) is 0 Å². The zero-order valence-corrected chi connectivity index (χ0v) is 30.7. The summed E-state index contributed by atoms with van der Waals surface area (Å²) in [6.07, 6.45) is 19.4. The van der Waals surface area contributed by atoms with Crippen LogP contribution in [0.2, 0.25) is 0 Å². The maximum atomic E-state index is 7.25. The van der Waals surface area contributed by atoms with Crippen LogP contribution in [0.15, 0.2) is 145 Å². The highest BCUT2D eigenvalue weighted by molar-refractivity contribution is 5.90. The van der Waals surface area contributed by atoms with Crippen molar-refractivity contribution in [1.29, 1.82) is 0 Å². The van der Waals surface area contributed by atoms with Gasteiger partial charge in [-0.15, -0.1) is 0 Å². The molecular weight excluding hydrogens is 643 g/mol. The van der Waals surface area contributed by atoms with E-state index in [0.29, 0.717) is 0 Å². The van der Waals surface area contributed by atoms with Gasteiger partial charge in [0.15, 0.2) is 0 Å². The predicted octanol–water partition coefficient (Wildman–Crippen LogP) is 11.5. The zero-order chi connectivity index (χ0) is 35.6. The highest BCUT2D eigenvalue weighted by atomic mass is 15.5. The number of fused-ring (bicyclic) bond motifs is 3. The Balaban J connectivity index is 0.980. The van der Waals surface area contributed by atoms with Crippen LogP contribution in [0.25, 0.3) is 39.5 Å². The summed E-state index contributed by atoms with van der Waals surface area (Å²) in [5.74, 6) is 0. The summed E-state index contributed by atoms with van der Waals surface area (Å²) in [7, 11) is 0. The molecule has 3 N–H and O–H groups in total. The lowest BCUT2D eigenvalue weighted by molar-refractivity contribution is 0.151. The van der Waals surface area contributed by atoms with Gasteiger partial charge in [-0.05, 0) is 142 Å². The first kappa shape index (κ1) is 33.8. The molecule has 53 heavy (non-hydrogen) atoms. The third-order valence-corrected chi connectivity index (χ3v) is 11.7. The molecule has 5 aromatic rings. The van der Waals surface area contributed by atoms with E-state index in [4.69, 9.17) is 5.73 Å². The minimum atomic E-state index is -0.333. The van der Waals surface area contributed by atoms with Gasteiger partial charge in [0.1, 0.15) is 0 Å². The topological polar surface area (TPSA) is 41.3 Å². The summed E-state index contributed by atoms with van der Waals surface area (Å²) < 4.78 is 0. The summed E-state index contributed by atoms with van der Waals surface area (Å²) in [6, 6.07) is 42.9. The number of nitrogens with two attached hydrogens (primary N) is 1. The maximum Gasteiger partial charge on any atom is 0.0943 e. The van der Waals surface area contributed by atoms with Crippen molar-refractivity contribution in [1.82, 2.24) is 10.4 Å². The largest absolute Gasteiger partial charge is 0.311 e. The normalized spacial score (nSPS) is 16.9. The lowest BCUT2D eigenvalue weighted by Gasteiger charge is -2.31. The van der Waals surface area contributed by atoms with E-state index in [9.17, 15) is 0 Å². The van der Waals surface area contributed by atoms with Gasteiger partial charge in [0.2, 0.25) is 0 Å². The molecule has 0 radical (unpaired) electrons. The van der Waals surface area contributed by atoms with E-state index in [2.05, 4.69) is 150 Å². The average Bonchev–Trinajstić information content (AvgIpc) is 3.60. The molecule has 1 atom stereocenters. The Morgan fingerprint density at radius 3 is 2.09 bits per heavy atom. The van der Waals surface area contributed by atoms with Gasteiger partial charge in [-0.2, -0.15) is 0 Å². The van der Waals surface area contributed by atoms with E-state index in [-0.39, 0.29) is 6.17 Å². The smallest absolute Gasteiger partial charge is 0.0943 e. The molecule has 5 aromatic carbocycles. The monoisotopic (exact) mass is 691 g/mol. The van der Waals surface area contributed by atoms with E-state index >= 15 is 0 Å². The molecule has 0 saturated heterocycles. The van der Waals surface area contributed by atoms with Gasteiger partial charge in [-0.3, -0.25) is 0 Å². The quantitative estimate of drug-likeness (QED) is 0.113. The first-order chi connectivity index (χ1) is 26.1. The molecule has 3 heteroatoms. The van der Waals surface area contributed by atoms with Crippen molar-refractivity contribution >= 4 is 17.2 Å². The van der Waals surface area contributed by atoms with Crippen molar-refractivity contribution in [2.24, 2.45) is 5.73 Å². The number of hydrazine groups is 1. The number of hydrogen-bond donors (Lipinski definition) is 2. The number of nitrogens with one attached hydrogen (secondary N) is 1. The minimum absolute atomic E-state index is 0.333. The standard InChI is InChI=1S/C50H49N3/c51-50(47-17-9-16-46-31-45-29-28-44(32-48(45)49(46)47)43-27-26-39-14-7-8-15-42(39)30-43)52-53(33-35-18-22-40(23-19-35)37-10-3-1-4-11-37)34-36-20-24-41(25-21-36)38-12-5-2-6-13-38/h1,3-4,7,10-12,14,17-30,32,50,52H,2,5-6,8-9,13,15-16,31,33-34,51H2. The highest BCUT2D eigenvalue weighted by Crippen LogP contribution is 2.44. The Labute approximate surface area is 315 Å². The second kappa shape index (κ2) is 15.1. The van der Waals surface area contributed by atoms with Crippen LogP contribution in [-0.4, -0.2) is 11.2 Å². The van der Waals surface area contributed by atoms with Gasteiger partial charge in [0.05, 0.1) is 6.17 Å². The van der Waals surface area contributed by atoms with E-state index < -0.39 is 0 Å². The molecule has 0 spiro atoms. The molecule has 3 nitrogen and oxygen atoms in total. The van der Waals surface area contributed by atoms with Crippen molar-refractivity contribution in [2.45, 2.75) is 77.0 Å². The van der Waals surface area contributed by atoms with Crippen molar-refractivity contribution in [3.05, 3.63) is 184 Å². The maximum absolute atomic E-state index is 7.25. The Bertz CT molecular complexity index is 2240. The lowest BCUT2D eigenvalue weighted by atomic mass is 9.87. The zero-order valence-electron chi connectivity index (χ0n) is 30.7. The molecule has 4 aliphatic carbocycles. The minimum Gasteiger partial charge on any atom is -0.311 e. The fourth-order valence-electron chi connectivity index (χ4n) is 8.84. The number of allylic oxidation sites excluding steroid dienone is 5. The van der Waals surface area contributed by atoms with Gasteiger partial charge >= 0.3 is 0 Å². The molecule has 9 rings (SSSR count). The highest BCUT2D eigenvalue weighted by Gasteiger charge is 2.30. The van der Waals surface area contributed by atoms with E-state index in [1.54, 1.807) is 0 Å². The SMILES string of the molecule is NC(NN(Cc1ccc(C2=CCCCC2)cc1)Cc1ccc(-c2ccccc2)cc1)C1=CCCC2=C1c1cc(-c3ccc4c(c3)CCC=C4)ccc1C2. The number of hydrogen-bond acceptors (Lipinski definition) is 3. The number of benzene rings is 5. The van der Waals surface area contributed by atoms with Crippen LogP contribution in [0.5, 0.6) is 0 Å². The number of rotatable bonds is 10. The average molecular weight is 692 g/mol. The van der Waals surface area contributed by atoms with Crippen LogP contribution in [-0.2, 0) is 25.9 Å². The van der Waals surface area contributed by atoms with Gasteiger partial charge < -0.3 is 5.73 Å². The molecule has 0 fully saturated rings. The van der Waals surface area contributed by atoms with Crippen molar-refractivity contribution < 1.29 is 0 Å². The second-order valence-electron chi connectivity index (χ2n) is 15.3. The Kier molecular flexibility index (Phi) is 9.63. The number of aryl methyl sites for hydroxylation is 1. The predicted molar refractivity (Wildman–Crippen MR) is 222 cm³/mol. The third-order valence-electron chi connectivity index (χ3n) is 11.7. The molecule has 264 valence electrons. The summed E-state index contributed by atoms with van der Waals surface area (Å²) in [6.45, 7) is 1.49. The molecule has 1 unspecified atom stereocenters. The fraction of sp³-hybridized carbons (Fsp3) is 0.240. The van der Waals surface area contributed by atoms with Crippen molar-refractivity contribution in [3.8, 4) is 22.3 Å². The van der Waals surface area contributed by atoms with Gasteiger partial charge in [0, 0.05) is 13.1 Å². The van der Waals surface area contributed by atoms with Gasteiger partial charge in [-0.25, -0.2) is 10.4 Å². The first-order valence-electron chi connectivity index (χ1n) is 19.7. The molecule has 0 bridgehead atoms. The summed E-state index contributed by atoms with van der Waals surface area (Å²) in [4.78, 5) is 0. The van der Waals surface area contributed by atoms with Crippen LogP contribution < -0.4 is 11.2 Å². The third kappa shape index (κ3) is 7.30. The molecule has 0 aromatic heterocycles. The Morgan fingerprint density at radius 2 is 1.32 bits per heavy atom. The van der Waals surface area contributed by atoms with Gasteiger partial charge in [0.25, 0.3) is 0 Å². The summed E-state index contributed by atoms with van der Waals surface area (Å²) >= 11 is 0. The molecule has 4 aliphatic rings. The summed E-state index contributed by atoms with van der Waals surface area (Å²) in [5.41, 5.74) is 31.2. The van der Waals surface area contributed by atoms with Crippen LogP contribution in [0.3, 0.4) is 0 Å². The molecular formula is C50H49N3. The van der Waals surface area contributed by atoms with Gasteiger partial charge in [-0.1, -0.05) is 139 Å². The summed E-state index contributed by atoms with van der Waals surface area (Å²) in [5, 5.41) is 2.32. The van der Waals surface area contributed by atoms with Crippen molar-refractivity contribution in [3.63, 3.8) is 0 Å². The lowest BCUT2D eigenvalue weighted by Crippen LogP contribution is -2.49. The first-order valence-corrected chi connectivity index (χ1v) is 19.7. The van der Waals surface area contributed by atoms with Crippen LogP contribution in [0, 0.1) is 0 Å².